The topological polar surface area (TPSA) is 61.9 Å². The van der Waals surface area contributed by atoms with Crippen molar-refractivity contribution in [2.24, 2.45) is 5.92 Å². The summed E-state index contributed by atoms with van der Waals surface area (Å²) in [5.74, 6) is 0.878. The van der Waals surface area contributed by atoms with Gasteiger partial charge < -0.3 is 19.9 Å². The molecule has 4 unspecified atom stereocenters. The first-order valence-electron chi connectivity index (χ1n) is 10.7. The van der Waals surface area contributed by atoms with E-state index in [1.165, 1.54) is 5.56 Å². The Hall–Kier alpha value is -2.18. The van der Waals surface area contributed by atoms with Gasteiger partial charge in [-0.2, -0.15) is 0 Å². The van der Waals surface area contributed by atoms with Gasteiger partial charge in [-0.3, -0.25) is 9.59 Å². The van der Waals surface area contributed by atoms with Gasteiger partial charge in [-0.1, -0.05) is 24.3 Å². The number of carbonyl (C=O) groups is 2. The molecule has 1 aromatic rings. The molecule has 2 amide bonds. The number of ether oxygens (including phenoxy) is 1. The molecule has 3 aliphatic rings. The lowest BCUT2D eigenvalue weighted by atomic mass is 9.77. The standard InChI is InChI=1S/C23H31N3O3/c1-3-4-9-26-15-20(19-14-16(2)24-21(19)23(26)28)17-5-7-18(8-6-17)22(27)25-10-12-29-13-11-25/h3-8,16,19-21,24H,9-15H2,1-2H3/b4-3+. The summed E-state index contributed by atoms with van der Waals surface area (Å²) >= 11 is 0. The molecule has 0 saturated carbocycles. The van der Waals surface area contributed by atoms with Crippen molar-refractivity contribution in [1.82, 2.24) is 15.1 Å². The monoisotopic (exact) mass is 397 g/mol. The molecule has 6 heteroatoms. The molecule has 0 spiro atoms. The number of fused-ring (bicyclic) bond motifs is 1. The highest BCUT2D eigenvalue weighted by molar-refractivity contribution is 5.94. The van der Waals surface area contributed by atoms with Gasteiger partial charge in [0.05, 0.1) is 19.3 Å². The minimum atomic E-state index is -0.108. The van der Waals surface area contributed by atoms with Crippen molar-refractivity contribution in [1.29, 1.82) is 0 Å². The number of hydrogen-bond donors (Lipinski definition) is 1. The predicted molar refractivity (Wildman–Crippen MR) is 112 cm³/mol. The summed E-state index contributed by atoms with van der Waals surface area (Å²) in [6, 6.07) is 8.30. The van der Waals surface area contributed by atoms with Gasteiger partial charge in [0.25, 0.3) is 5.91 Å². The number of piperidine rings is 1. The molecule has 3 heterocycles. The van der Waals surface area contributed by atoms with Crippen LogP contribution in [0.25, 0.3) is 0 Å². The Bertz CT molecular complexity index is 770. The van der Waals surface area contributed by atoms with Crippen LogP contribution in [0.4, 0.5) is 0 Å². The van der Waals surface area contributed by atoms with Crippen LogP contribution in [0.15, 0.2) is 36.4 Å². The zero-order valence-corrected chi connectivity index (χ0v) is 17.3. The summed E-state index contributed by atoms with van der Waals surface area (Å²) in [6.45, 7) is 8.04. The van der Waals surface area contributed by atoms with Gasteiger partial charge >= 0.3 is 0 Å². The van der Waals surface area contributed by atoms with Crippen molar-refractivity contribution in [2.45, 2.75) is 38.3 Å². The van der Waals surface area contributed by atoms with Crippen LogP contribution in [0.1, 0.15) is 42.1 Å². The summed E-state index contributed by atoms with van der Waals surface area (Å²) in [4.78, 5) is 29.5. The zero-order valence-electron chi connectivity index (χ0n) is 17.3. The van der Waals surface area contributed by atoms with Crippen molar-refractivity contribution in [2.75, 3.05) is 39.4 Å². The first-order chi connectivity index (χ1) is 14.1. The molecule has 156 valence electrons. The van der Waals surface area contributed by atoms with E-state index in [-0.39, 0.29) is 23.8 Å². The van der Waals surface area contributed by atoms with Gasteiger partial charge in [-0.05, 0) is 43.9 Å². The number of nitrogens with zero attached hydrogens (tertiary/aromatic N) is 2. The Morgan fingerprint density at radius 1 is 1.24 bits per heavy atom. The molecular weight excluding hydrogens is 366 g/mol. The molecule has 0 bridgehead atoms. The van der Waals surface area contributed by atoms with Gasteiger partial charge in [-0.15, -0.1) is 0 Å². The van der Waals surface area contributed by atoms with E-state index in [1.807, 2.05) is 41.0 Å². The number of carbonyl (C=O) groups excluding carboxylic acids is 2. The van der Waals surface area contributed by atoms with E-state index in [2.05, 4.69) is 24.4 Å². The molecule has 1 aromatic carbocycles. The lowest BCUT2D eigenvalue weighted by Gasteiger charge is -2.40. The largest absolute Gasteiger partial charge is 0.378 e. The van der Waals surface area contributed by atoms with Gasteiger partial charge in [-0.25, -0.2) is 0 Å². The van der Waals surface area contributed by atoms with Crippen LogP contribution in [-0.4, -0.2) is 73.1 Å². The fourth-order valence-corrected chi connectivity index (χ4v) is 4.92. The average Bonchev–Trinajstić information content (AvgIpc) is 3.15. The van der Waals surface area contributed by atoms with E-state index in [0.717, 1.165) is 18.5 Å². The summed E-state index contributed by atoms with van der Waals surface area (Å²) in [7, 11) is 0. The SMILES string of the molecule is C/C=C/CN1CC(c2ccc(C(=O)N3CCOCC3)cc2)C2CC(C)NC2C1=O. The van der Waals surface area contributed by atoms with Crippen molar-refractivity contribution >= 4 is 11.8 Å². The molecule has 0 radical (unpaired) electrons. The molecule has 0 aliphatic carbocycles. The first-order valence-corrected chi connectivity index (χ1v) is 10.7. The molecule has 1 N–H and O–H groups in total. The normalized spacial score (nSPS) is 30.1. The molecule has 3 fully saturated rings. The predicted octanol–water partition coefficient (Wildman–Crippen LogP) is 2.03. The van der Waals surface area contributed by atoms with E-state index in [1.54, 1.807) is 0 Å². The lowest BCUT2D eigenvalue weighted by Crippen LogP contribution is -2.54. The number of morpholine rings is 1. The molecular formula is C23H31N3O3. The fourth-order valence-electron chi connectivity index (χ4n) is 4.92. The minimum Gasteiger partial charge on any atom is -0.378 e. The van der Waals surface area contributed by atoms with Gasteiger partial charge in [0.1, 0.15) is 0 Å². The Morgan fingerprint density at radius 3 is 2.66 bits per heavy atom. The number of benzene rings is 1. The summed E-state index contributed by atoms with van der Waals surface area (Å²) in [5.41, 5.74) is 1.94. The van der Waals surface area contributed by atoms with Crippen LogP contribution >= 0.6 is 0 Å². The van der Waals surface area contributed by atoms with Crippen molar-refractivity contribution < 1.29 is 14.3 Å². The molecule has 3 aliphatic heterocycles. The first kappa shape index (κ1) is 20.1. The number of nitrogens with one attached hydrogen (secondary N) is 1. The number of likely N-dealkylation sites (tertiary alicyclic amines) is 1. The molecule has 29 heavy (non-hydrogen) atoms. The average molecular weight is 398 g/mol. The number of hydrogen-bond acceptors (Lipinski definition) is 4. The third-order valence-electron chi connectivity index (χ3n) is 6.48. The maximum atomic E-state index is 12.9. The van der Waals surface area contributed by atoms with Gasteiger partial charge in [0, 0.05) is 43.7 Å². The van der Waals surface area contributed by atoms with Gasteiger partial charge in [0.2, 0.25) is 5.91 Å². The minimum absolute atomic E-state index is 0.0717. The maximum absolute atomic E-state index is 12.9. The fraction of sp³-hybridized carbons (Fsp3) is 0.565. The second kappa shape index (κ2) is 8.67. The highest BCUT2D eigenvalue weighted by atomic mass is 16.5. The van der Waals surface area contributed by atoms with E-state index in [4.69, 9.17) is 4.74 Å². The lowest BCUT2D eigenvalue weighted by molar-refractivity contribution is -0.137. The third-order valence-corrected chi connectivity index (χ3v) is 6.48. The van der Waals surface area contributed by atoms with E-state index in [0.29, 0.717) is 44.8 Å². The van der Waals surface area contributed by atoms with Crippen molar-refractivity contribution in [3.05, 3.63) is 47.5 Å². The van der Waals surface area contributed by atoms with E-state index >= 15 is 0 Å². The summed E-state index contributed by atoms with van der Waals surface area (Å²) in [5, 5.41) is 3.50. The van der Waals surface area contributed by atoms with Gasteiger partial charge in [0.15, 0.2) is 0 Å². The summed E-state index contributed by atoms with van der Waals surface area (Å²) < 4.78 is 5.34. The Balaban J connectivity index is 1.53. The maximum Gasteiger partial charge on any atom is 0.254 e. The zero-order chi connectivity index (χ0) is 20.4. The molecule has 4 rings (SSSR count). The quantitative estimate of drug-likeness (QED) is 0.790. The third kappa shape index (κ3) is 4.09. The molecule has 6 nitrogen and oxygen atoms in total. The number of rotatable bonds is 4. The number of allylic oxidation sites excluding steroid dienone is 1. The molecule has 4 atom stereocenters. The van der Waals surface area contributed by atoms with Crippen LogP contribution < -0.4 is 5.32 Å². The van der Waals surface area contributed by atoms with Crippen LogP contribution in [0.2, 0.25) is 0 Å². The highest BCUT2D eigenvalue weighted by Crippen LogP contribution is 2.39. The molecule has 0 aromatic heterocycles. The number of amides is 2. The van der Waals surface area contributed by atoms with E-state index in [9.17, 15) is 9.59 Å². The van der Waals surface area contributed by atoms with Crippen molar-refractivity contribution in [3.8, 4) is 0 Å². The second-order valence-corrected chi connectivity index (χ2v) is 8.39. The smallest absolute Gasteiger partial charge is 0.254 e. The Kier molecular flexibility index (Phi) is 6.01. The van der Waals surface area contributed by atoms with E-state index < -0.39 is 0 Å². The Morgan fingerprint density at radius 2 is 1.97 bits per heavy atom. The second-order valence-electron chi connectivity index (χ2n) is 8.39. The van der Waals surface area contributed by atoms with Crippen molar-refractivity contribution in [3.63, 3.8) is 0 Å². The Labute approximate surface area is 172 Å². The molecule has 3 saturated heterocycles. The van der Waals surface area contributed by atoms with Crippen LogP contribution in [-0.2, 0) is 9.53 Å². The van der Waals surface area contributed by atoms with Crippen LogP contribution in [0.3, 0.4) is 0 Å². The highest BCUT2D eigenvalue weighted by Gasteiger charge is 2.47. The summed E-state index contributed by atoms with van der Waals surface area (Å²) in [6.07, 6.45) is 5.04. The van der Waals surface area contributed by atoms with Crippen LogP contribution in [0.5, 0.6) is 0 Å². The van der Waals surface area contributed by atoms with Crippen LogP contribution in [0, 0.1) is 5.92 Å².